The van der Waals surface area contributed by atoms with Crippen molar-refractivity contribution < 1.29 is 9.63 Å². The molecule has 0 aliphatic carbocycles. The first-order valence-electron chi connectivity index (χ1n) is 4.79. The first-order valence-corrected chi connectivity index (χ1v) is 6.40. The number of hydroxylamine groups is 1. The average Bonchev–Trinajstić information content (AvgIpc) is 2.83. The van der Waals surface area contributed by atoms with Crippen molar-refractivity contribution in [1.82, 2.24) is 10.8 Å². The van der Waals surface area contributed by atoms with Crippen LogP contribution in [0.1, 0.15) is 11.8 Å². The van der Waals surface area contributed by atoms with Gasteiger partial charge < -0.3 is 5.32 Å². The van der Waals surface area contributed by atoms with E-state index in [9.17, 15) is 4.79 Å². The molecule has 2 rings (SSSR count). The predicted octanol–water partition coefficient (Wildman–Crippen LogP) is 1.89. The summed E-state index contributed by atoms with van der Waals surface area (Å²) in [7, 11) is 0. The number of rotatable bonds is 3. The summed E-state index contributed by atoms with van der Waals surface area (Å²) in [4.78, 5) is 17.2. The van der Waals surface area contributed by atoms with Crippen molar-refractivity contribution in [3.63, 3.8) is 0 Å². The lowest BCUT2D eigenvalue weighted by Gasteiger charge is -2.06. The summed E-state index contributed by atoms with van der Waals surface area (Å²) in [6.07, 6.45) is 1.86. The molecule has 1 aliphatic rings. The molecule has 1 amide bonds. The zero-order valence-corrected chi connectivity index (χ0v) is 11.0. The van der Waals surface area contributed by atoms with Gasteiger partial charge in [0.25, 0.3) is 0 Å². The van der Waals surface area contributed by atoms with Crippen LogP contribution in [-0.4, -0.2) is 18.6 Å². The number of carbonyl (C=O) groups excluding carboxylic acids is 1. The minimum absolute atomic E-state index is 0.0516. The Balaban J connectivity index is 1.98. The summed E-state index contributed by atoms with van der Waals surface area (Å²) in [5.41, 5.74) is 3.81. The number of nitrogens with one attached hydrogen (secondary N) is 2. The molecule has 86 valence electrons. The minimum atomic E-state index is -0.111. The van der Waals surface area contributed by atoms with Gasteiger partial charge in [-0.2, -0.15) is 0 Å². The van der Waals surface area contributed by atoms with Crippen LogP contribution in [0.15, 0.2) is 22.0 Å². The number of hydrogen-bond acceptors (Lipinski definition) is 4. The van der Waals surface area contributed by atoms with Crippen LogP contribution in [0.3, 0.4) is 0 Å². The summed E-state index contributed by atoms with van der Waals surface area (Å²) < 4.78 is 1.08. The molecule has 0 spiro atoms. The Morgan fingerprint density at radius 2 is 2.50 bits per heavy atom. The van der Waals surface area contributed by atoms with E-state index >= 15 is 0 Å². The lowest BCUT2D eigenvalue weighted by molar-refractivity contribution is -0.119. The molecule has 0 bridgehead atoms. The molecule has 0 fully saturated rings. The van der Waals surface area contributed by atoms with Gasteiger partial charge in [-0.3, -0.25) is 15.1 Å². The van der Waals surface area contributed by atoms with Crippen LogP contribution in [-0.2, 0) is 9.63 Å². The van der Waals surface area contributed by atoms with Gasteiger partial charge in [-0.05, 0) is 34.1 Å². The molecule has 6 heteroatoms. The summed E-state index contributed by atoms with van der Waals surface area (Å²) >= 11 is 5.04. The molecule has 1 aromatic heterocycles. The molecule has 1 unspecified atom stereocenters. The highest BCUT2D eigenvalue weighted by Gasteiger charge is 2.18. The Morgan fingerprint density at radius 3 is 3.12 bits per heavy atom. The zero-order chi connectivity index (χ0) is 11.5. The van der Waals surface area contributed by atoms with Crippen molar-refractivity contribution in [2.45, 2.75) is 13.0 Å². The van der Waals surface area contributed by atoms with E-state index in [4.69, 9.17) is 4.84 Å². The fourth-order valence-corrected chi connectivity index (χ4v) is 2.69. The molecule has 2 heterocycles. The van der Waals surface area contributed by atoms with E-state index < -0.39 is 0 Å². The fourth-order valence-electron chi connectivity index (χ4n) is 1.33. The van der Waals surface area contributed by atoms with Crippen LogP contribution in [0.5, 0.6) is 0 Å². The van der Waals surface area contributed by atoms with Gasteiger partial charge in [-0.25, -0.2) is 0 Å². The van der Waals surface area contributed by atoms with E-state index in [-0.39, 0.29) is 12.0 Å². The van der Waals surface area contributed by atoms with E-state index in [0.717, 1.165) is 14.4 Å². The van der Waals surface area contributed by atoms with Crippen molar-refractivity contribution in [3.05, 3.63) is 26.9 Å². The molecule has 1 aliphatic heterocycles. The Hall–Kier alpha value is -0.850. The van der Waals surface area contributed by atoms with Crippen LogP contribution < -0.4 is 10.8 Å². The molecule has 1 aromatic rings. The molecule has 0 saturated heterocycles. The summed E-state index contributed by atoms with van der Waals surface area (Å²) in [5, 5.41) is 2.71. The smallest absolute Gasteiger partial charge is 0.216 e. The van der Waals surface area contributed by atoms with Gasteiger partial charge in [0.05, 0.1) is 20.9 Å². The third kappa shape index (κ3) is 2.84. The first-order chi connectivity index (χ1) is 7.65. The van der Waals surface area contributed by atoms with Gasteiger partial charge >= 0.3 is 0 Å². The van der Waals surface area contributed by atoms with E-state index in [0.29, 0.717) is 6.54 Å². The summed E-state index contributed by atoms with van der Waals surface area (Å²) in [6.45, 7) is 1.97. The van der Waals surface area contributed by atoms with Gasteiger partial charge in [-0.1, -0.05) is 0 Å². The third-order valence-electron chi connectivity index (χ3n) is 2.06. The lowest BCUT2D eigenvalue weighted by Crippen LogP contribution is -2.30. The maximum absolute atomic E-state index is 10.7. The first kappa shape index (κ1) is 11.6. The van der Waals surface area contributed by atoms with Crippen molar-refractivity contribution >= 4 is 38.9 Å². The van der Waals surface area contributed by atoms with E-state index in [1.165, 1.54) is 6.92 Å². The second-order valence-electron chi connectivity index (χ2n) is 3.38. The quantitative estimate of drug-likeness (QED) is 0.896. The molecule has 2 N–H and O–H groups in total. The van der Waals surface area contributed by atoms with E-state index in [2.05, 4.69) is 26.7 Å². The SMILES string of the molecule is CC(=O)NCC1C=C(c2ccc(Br)s2)NO1. The highest BCUT2D eigenvalue weighted by atomic mass is 79.9. The Labute approximate surface area is 106 Å². The normalized spacial score (nSPS) is 19.1. The number of halogens is 1. The number of carbonyl (C=O) groups is 1. The highest BCUT2D eigenvalue weighted by molar-refractivity contribution is 9.11. The van der Waals surface area contributed by atoms with Crippen LogP contribution in [0.4, 0.5) is 0 Å². The van der Waals surface area contributed by atoms with Crippen molar-refractivity contribution in [2.75, 3.05) is 6.54 Å². The molecule has 1 atom stereocenters. The zero-order valence-electron chi connectivity index (χ0n) is 8.62. The molecule has 0 radical (unpaired) electrons. The fraction of sp³-hybridized carbons (Fsp3) is 0.300. The van der Waals surface area contributed by atoms with Crippen molar-refractivity contribution in [2.24, 2.45) is 0 Å². The van der Waals surface area contributed by atoms with Gasteiger partial charge in [0.15, 0.2) is 0 Å². The Bertz CT molecular complexity index is 430. The Kier molecular flexibility index (Phi) is 3.63. The monoisotopic (exact) mass is 302 g/mol. The van der Waals surface area contributed by atoms with Crippen LogP contribution in [0.2, 0.25) is 0 Å². The third-order valence-corrected chi connectivity index (χ3v) is 3.72. The molecule has 4 nitrogen and oxygen atoms in total. The average molecular weight is 303 g/mol. The van der Waals surface area contributed by atoms with Crippen molar-refractivity contribution in [1.29, 1.82) is 0 Å². The highest BCUT2D eigenvalue weighted by Crippen LogP contribution is 2.28. The van der Waals surface area contributed by atoms with Gasteiger partial charge in [-0.15, -0.1) is 11.3 Å². The van der Waals surface area contributed by atoms with Crippen LogP contribution in [0, 0.1) is 0 Å². The maximum Gasteiger partial charge on any atom is 0.216 e. The lowest BCUT2D eigenvalue weighted by atomic mass is 10.2. The summed E-state index contributed by atoms with van der Waals surface area (Å²) in [6, 6.07) is 4.00. The van der Waals surface area contributed by atoms with Gasteiger partial charge in [0.1, 0.15) is 6.10 Å². The molecule has 16 heavy (non-hydrogen) atoms. The molecular weight excluding hydrogens is 292 g/mol. The van der Waals surface area contributed by atoms with Crippen molar-refractivity contribution in [3.8, 4) is 0 Å². The van der Waals surface area contributed by atoms with Gasteiger partial charge in [0, 0.05) is 6.92 Å². The van der Waals surface area contributed by atoms with E-state index in [1.54, 1.807) is 11.3 Å². The number of amides is 1. The maximum atomic E-state index is 10.7. The number of thiophene rings is 1. The Morgan fingerprint density at radius 1 is 1.69 bits per heavy atom. The molecule has 0 aromatic carbocycles. The van der Waals surface area contributed by atoms with Crippen LogP contribution >= 0.6 is 27.3 Å². The topological polar surface area (TPSA) is 50.4 Å². The second-order valence-corrected chi connectivity index (χ2v) is 5.84. The molecular formula is C10H11BrN2O2S. The second kappa shape index (κ2) is 4.99. The predicted molar refractivity (Wildman–Crippen MR) is 66.7 cm³/mol. The minimum Gasteiger partial charge on any atom is -0.353 e. The largest absolute Gasteiger partial charge is 0.353 e. The van der Waals surface area contributed by atoms with Crippen LogP contribution in [0.25, 0.3) is 5.70 Å². The van der Waals surface area contributed by atoms with Gasteiger partial charge in [0.2, 0.25) is 5.91 Å². The standard InChI is InChI=1S/C10H11BrN2O2S/c1-6(14)12-5-7-4-8(13-15-7)9-2-3-10(11)16-9/h2-4,7,13H,5H2,1H3,(H,12,14). The van der Waals surface area contributed by atoms with E-state index in [1.807, 2.05) is 18.2 Å². The summed E-state index contributed by atoms with van der Waals surface area (Å²) in [5.74, 6) is -0.0516. The molecule has 0 saturated carbocycles. The number of hydrogen-bond donors (Lipinski definition) is 2.